The molecule has 0 radical (unpaired) electrons. The summed E-state index contributed by atoms with van der Waals surface area (Å²) in [5.41, 5.74) is 0.973. The van der Waals surface area contributed by atoms with Gasteiger partial charge in [-0.1, -0.05) is 25.1 Å². The molecule has 110 valence electrons. The first-order valence-corrected chi connectivity index (χ1v) is 8.93. The Morgan fingerprint density at radius 3 is 2.80 bits per heavy atom. The molecule has 0 saturated carbocycles. The number of nitrogens with zero attached hydrogens (tertiary/aromatic N) is 1. The zero-order chi connectivity index (χ0) is 14.6. The lowest BCUT2D eigenvalue weighted by atomic mass is 10.2. The third-order valence-electron chi connectivity index (χ3n) is 3.21. The maximum absolute atomic E-state index is 12.7. The fourth-order valence-electron chi connectivity index (χ4n) is 2.10. The molecule has 0 aliphatic carbocycles. The van der Waals surface area contributed by atoms with E-state index >= 15 is 0 Å². The highest BCUT2D eigenvalue weighted by Gasteiger charge is 2.26. The SMILES string of the molecule is CCNCc1ccc(Br)c(S(=O)(=O)N2CC=CCC2)c1. The van der Waals surface area contributed by atoms with Crippen LogP contribution in [0.3, 0.4) is 0 Å². The van der Waals surface area contributed by atoms with E-state index in [4.69, 9.17) is 0 Å². The molecule has 20 heavy (non-hydrogen) atoms. The summed E-state index contributed by atoms with van der Waals surface area (Å²) in [6.07, 6.45) is 4.69. The Labute approximate surface area is 129 Å². The fraction of sp³-hybridized carbons (Fsp3) is 0.429. The second-order valence-corrected chi connectivity index (χ2v) is 7.43. The van der Waals surface area contributed by atoms with Crippen LogP contribution in [0.2, 0.25) is 0 Å². The van der Waals surface area contributed by atoms with Gasteiger partial charge in [0.1, 0.15) is 0 Å². The third-order valence-corrected chi connectivity index (χ3v) is 6.07. The molecule has 0 aromatic heterocycles. The zero-order valence-electron chi connectivity index (χ0n) is 11.5. The van der Waals surface area contributed by atoms with Crippen LogP contribution in [0.25, 0.3) is 0 Å². The summed E-state index contributed by atoms with van der Waals surface area (Å²) in [4.78, 5) is 0.350. The van der Waals surface area contributed by atoms with Crippen molar-refractivity contribution in [3.8, 4) is 0 Å². The van der Waals surface area contributed by atoms with Crippen molar-refractivity contribution in [3.05, 3.63) is 40.4 Å². The molecule has 1 aliphatic rings. The summed E-state index contributed by atoms with van der Waals surface area (Å²) in [5, 5.41) is 3.21. The Hall–Kier alpha value is -0.690. The normalized spacial score (nSPS) is 16.5. The predicted molar refractivity (Wildman–Crippen MR) is 84.0 cm³/mol. The summed E-state index contributed by atoms with van der Waals surface area (Å²) >= 11 is 3.36. The van der Waals surface area contributed by atoms with Crippen molar-refractivity contribution in [3.63, 3.8) is 0 Å². The first-order chi connectivity index (χ1) is 9.55. The summed E-state index contributed by atoms with van der Waals surface area (Å²) < 4.78 is 27.5. The number of rotatable bonds is 5. The van der Waals surface area contributed by atoms with Crippen LogP contribution in [0.1, 0.15) is 18.9 Å². The molecule has 1 aromatic rings. The van der Waals surface area contributed by atoms with Crippen LogP contribution in [0.4, 0.5) is 0 Å². The standard InChI is InChI=1S/C14H19BrN2O2S/c1-2-16-11-12-6-7-13(15)14(10-12)20(18,19)17-8-4-3-5-9-17/h3-4,6-7,10,16H,2,5,8-9,11H2,1H3. The van der Waals surface area contributed by atoms with Gasteiger partial charge in [0.05, 0.1) is 4.90 Å². The van der Waals surface area contributed by atoms with Crippen LogP contribution < -0.4 is 5.32 Å². The summed E-state index contributed by atoms with van der Waals surface area (Å²) in [7, 11) is -3.43. The number of sulfonamides is 1. The molecule has 1 N–H and O–H groups in total. The molecule has 0 atom stereocenters. The van der Waals surface area contributed by atoms with Gasteiger partial charge in [-0.2, -0.15) is 4.31 Å². The third kappa shape index (κ3) is 3.49. The number of hydrogen-bond donors (Lipinski definition) is 1. The average molecular weight is 359 g/mol. The lowest BCUT2D eigenvalue weighted by molar-refractivity contribution is 0.437. The number of nitrogens with one attached hydrogen (secondary N) is 1. The van der Waals surface area contributed by atoms with Crippen LogP contribution in [0.15, 0.2) is 39.7 Å². The van der Waals surface area contributed by atoms with Gasteiger partial charge in [-0.05, 0) is 46.6 Å². The van der Waals surface area contributed by atoms with Crippen molar-refractivity contribution in [2.24, 2.45) is 0 Å². The topological polar surface area (TPSA) is 49.4 Å². The predicted octanol–water partition coefficient (Wildman–Crippen LogP) is 2.51. The van der Waals surface area contributed by atoms with Gasteiger partial charge in [-0.15, -0.1) is 0 Å². The van der Waals surface area contributed by atoms with Crippen molar-refractivity contribution in [2.45, 2.75) is 24.8 Å². The molecule has 6 heteroatoms. The maximum Gasteiger partial charge on any atom is 0.244 e. The van der Waals surface area contributed by atoms with E-state index in [-0.39, 0.29) is 0 Å². The number of hydrogen-bond acceptors (Lipinski definition) is 3. The van der Waals surface area contributed by atoms with E-state index in [9.17, 15) is 8.42 Å². The van der Waals surface area contributed by atoms with Crippen LogP contribution in [-0.4, -0.2) is 32.4 Å². The van der Waals surface area contributed by atoms with Crippen molar-refractivity contribution in [1.82, 2.24) is 9.62 Å². The Kier molecular flexibility index (Phi) is 5.37. The smallest absolute Gasteiger partial charge is 0.244 e. The highest BCUT2D eigenvalue weighted by atomic mass is 79.9. The second-order valence-electron chi connectivity index (χ2n) is 4.67. The van der Waals surface area contributed by atoms with Crippen LogP contribution in [0, 0.1) is 0 Å². The molecule has 4 nitrogen and oxygen atoms in total. The minimum absolute atomic E-state index is 0.350. The monoisotopic (exact) mass is 358 g/mol. The van der Waals surface area contributed by atoms with E-state index in [0.717, 1.165) is 18.5 Å². The Balaban J connectivity index is 2.32. The second kappa shape index (κ2) is 6.85. The molecule has 0 spiro atoms. The van der Waals surface area contributed by atoms with E-state index < -0.39 is 10.0 Å². The van der Waals surface area contributed by atoms with Crippen LogP contribution in [-0.2, 0) is 16.6 Å². The van der Waals surface area contributed by atoms with Crippen molar-refractivity contribution < 1.29 is 8.42 Å². The molecule has 2 rings (SSSR count). The van der Waals surface area contributed by atoms with E-state index in [0.29, 0.717) is 29.0 Å². The van der Waals surface area contributed by atoms with Gasteiger partial charge >= 0.3 is 0 Å². The molecule has 1 aromatic carbocycles. The van der Waals surface area contributed by atoms with Gasteiger partial charge in [0.2, 0.25) is 10.0 Å². The molecule has 1 aliphatic heterocycles. The lowest BCUT2D eigenvalue weighted by Gasteiger charge is -2.23. The van der Waals surface area contributed by atoms with Crippen LogP contribution >= 0.6 is 15.9 Å². The minimum Gasteiger partial charge on any atom is -0.313 e. The van der Waals surface area contributed by atoms with Gasteiger partial charge < -0.3 is 5.32 Å². The van der Waals surface area contributed by atoms with Gasteiger partial charge in [0.15, 0.2) is 0 Å². The summed E-state index contributed by atoms with van der Waals surface area (Å²) in [6, 6.07) is 5.49. The fourth-order valence-corrected chi connectivity index (χ4v) is 4.48. The molecular weight excluding hydrogens is 340 g/mol. The molecular formula is C14H19BrN2O2S. The first kappa shape index (κ1) is 15.7. The average Bonchev–Trinajstić information content (AvgIpc) is 2.47. The zero-order valence-corrected chi connectivity index (χ0v) is 13.9. The van der Waals surface area contributed by atoms with E-state index in [1.165, 1.54) is 4.31 Å². The number of benzene rings is 1. The minimum atomic E-state index is -3.43. The van der Waals surface area contributed by atoms with Crippen molar-refractivity contribution >= 4 is 26.0 Å². The Morgan fingerprint density at radius 1 is 1.35 bits per heavy atom. The Bertz CT molecular complexity index is 599. The van der Waals surface area contributed by atoms with Gasteiger partial charge in [-0.25, -0.2) is 8.42 Å². The summed E-state index contributed by atoms with van der Waals surface area (Å²) in [6.45, 7) is 4.55. The highest BCUT2D eigenvalue weighted by Crippen LogP contribution is 2.27. The summed E-state index contributed by atoms with van der Waals surface area (Å²) in [5.74, 6) is 0. The largest absolute Gasteiger partial charge is 0.313 e. The van der Waals surface area contributed by atoms with Crippen molar-refractivity contribution in [2.75, 3.05) is 19.6 Å². The molecule has 0 saturated heterocycles. The maximum atomic E-state index is 12.7. The van der Waals surface area contributed by atoms with E-state index in [1.54, 1.807) is 12.1 Å². The van der Waals surface area contributed by atoms with Gasteiger partial charge in [0, 0.05) is 24.1 Å². The highest BCUT2D eigenvalue weighted by molar-refractivity contribution is 9.10. The first-order valence-electron chi connectivity index (χ1n) is 6.70. The molecule has 0 unspecified atom stereocenters. The number of halogens is 1. The molecule has 0 fully saturated rings. The van der Waals surface area contributed by atoms with Crippen LogP contribution in [0.5, 0.6) is 0 Å². The molecule has 1 heterocycles. The quantitative estimate of drug-likeness (QED) is 0.822. The van der Waals surface area contributed by atoms with Gasteiger partial charge in [0.25, 0.3) is 0 Å². The Morgan fingerprint density at radius 2 is 2.15 bits per heavy atom. The lowest BCUT2D eigenvalue weighted by Crippen LogP contribution is -2.34. The van der Waals surface area contributed by atoms with E-state index in [1.807, 2.05) is 25.1 Å². The van der Waals surface area contributed by atoms with Gasteiger partial charge in [-0.3, -0.25) is 0 Å². The molecule has 0 amide bonds. The van der Waals surface area contributed by atoms with Crippen molar-refractivity contribution in [1.29, 1.82) is 0 Å². The van der Waals surface area contributed by atoms with E-state index in [2.05, 4.69) is 21.2 Å². The molecule has 0 bridgehead atoms.